The van der Waals surface area contributed by atoms with Gasteiger partial charge in [-0.05, 0) is 43.4 Å². The summed E-state index contributed by atoms with van der Waals surface area (Å²) in [5.74, 6) is 2.26. The summed E-state index contributed by atoms with van der Waals surface area (Å²) in [6.45, 7) is 2.41. The van der Waals surface area contributed by atoms with Gasteiger partial charge in [0.05, 0.1) is 0 Å². The first kappa shape index (κ1) is 9.97. The van der Waals surface area contributed by atoms with Crippen LogP contribution in [0.5, 0.6) is 0 Å². The highest BCUT2D eigenvalue weighted by Crippen LogP contribution is 2.42. The summed E-state index contributed by atoms with van der Waals surface area (Å²) in [7, 11) is 1.21. The molecule has 3 atom stereocenters. The SMILES string of the molecule is CPC1CCCC1CC1CCCC1. The first-order chi connectivity index (χ1) is 6.40. The van der Waals surface area contributed by atoms with Gasteiger partial charge in [-0.2, -0.15) is 0 Å². The van der Waals surface area contributed by atoms with Gasteiger partial charge in [-0.1, -0.05) is 32.1 Å². The topological polar surface area (TPSA) is 0 Å². The van der Waals surface area contributed by atoms with E-state index in [1.807, 2.05) is 0 Å². The fraction of sp³-hybridized carbons (Fsp3) is 1.00. The second-order valence-electron chi connectivity index (χ2n) is 4.97. The molecule has 0 aromatic carbocycles. The van der Waals surface area contributed by atoms with E-state index in [1.54, 1.807) is 32.1 Å². The van der Waals surface area contributed by atoms with Crippen molar-refractivity contribution in [2.75, 3.05) is 6.66 Å². The largest absolute Gasteiger partial charge is 0.122 e. The molecule has 0 bridgehead atoms. The van der Waals surface area contributed by atoms with Crippen molar-refractivity contribution in [1.82, 2.24) is 0 Å². The van der Waals surface area contributed by atoms with Crippen LogP contribution in [-0.2, 0) is 0 Å². The zero-order chi connectivity index (χ0) is 9.10. The maximum atomic E-state index is 2.41. The Hall–Kier alpha value is 0.430. The van der Waals surface area contributed by atoms with Crippen LogP contribution in [0.3, 0.4) is 0 Å². The molecule has 2 rings (SSSR count). The van der Waals surface area contributed by atoms with E-state index in [9.17, 15) is 0 Å². The first-order valence-corrected chi connectivity index (χ1v) is 7.65. The molecule has 0 aromatic heterocycles. The average molecular weight is 198 g/mol. The van der Waals surface area contributed by atoms with Gasteiger partial charge in [0.15, 0.2) is 0 Å². The predicted octanol–water partition coefficient (Wildman–Crippen LogP) is 4.04. The van der Waals surface area contributed by atoms with Gasteiger partial charge in [-0.25, -0.2) is 0 Å². The van der Waals surface area contributed by atoms with Crippen LogP contribution in [-0.4, -0.2) is 12.3 Å². The normalized spacial score (nSPS) is 36.7. The molecule has 76 valence electrons. The maximum absolute atomic E-state index is 2.41. The molecule has 0 spiro atoms. The third kappa shape index (κ3) is 2.46. The van der Waals surface area contributed by atoms with E-state index >= 15 is 0 Å². The lowest BCUT2D eigenvalue weighted by Crippen LogP contribution is -2.12. The molecule has 0 nitrogen and oxygen atoms in total. The molecule has 0 amide bonds. The van der Waals surface area contributed by atoms with Crippen LogP contribution in [0.15, 0.2) is 0 Å². The van der Waals surface area contributed by atoms with Crippen LogP contribution < -0.4 is 0 Å². The Labute approximate surface area is 84.7 Å². The Morgan fingerprint density at radius 1 is 1.00 bits per heavy atom. The van der Waals surface area contributed by atoms with Crippen LogP contribution in [0.1, 0.15) is 51.4 Å². The third-order valence-electron chi connectivity index (χ3n) is 4.14. The van der Waals surface area contributed by atoms with Gasteiger partial charge in [0.25, 0.3) is 0 Å². The molecular formula is C12H23P. The summed E-state index contributed by atoms with van der Waals surface area (Å²) in [6.07, 6.45) is 12.4. The number of rotatable bonds is 3. The van der Waals surface area contributed by atoms with Gasteiger partial charge < -0.3 is 0 Å². The standard InChI is InChI=1S/C12H23P/c1-13-12-8-4-7-11(12)9-10-5-2-3-6-10/h10-13H,2-9H2,1H3. The molecule has 0 N–H and O–H groups in total. The summed E-state index contributed by atoms with van der Waals surface area (Å²) in [5.41, 5.74) is 1.13. The van der Waals surface area contributed by atoms with Crippen molar-refractivity contribution in [3.63, 3.8) is 0 Å². The van der Waals surface area contributed by atoms with Crippen molar-refractivity contribution >= 4 is 8.58 Å². The fourth-order valence-electron chi connectivity index (χ4n) is 3.37. The quantitative estimate of drug-likeness (QED) is 0.600. The summed E-state index contributed by atoms with van der Waals surface area (Å²) >= 11 is 0. The van der Waals surface area contributed by atoms with Crippen molar-refractivity contribution in [3.8, 4) is 0 Å². The zero-order valence-corrected chi connectivity index (χ0v) is 9.89. The summed E-state index contributed by atoms with van der Waals surface area (Å²) in [5, 5.41) is 0. The lowest BCUT2D eigenvalue weighted by atomic mass is 9.92. The van der Waals surface area contributed by atoms with E-state index in [1.165, 1.54) is 27.8 Å². The van der Waals surface area contributed by atoms with E-state index in [4.69, 9.17) is 0 Å². The third-order valence-corrected chi connectivity index (χ3v) is 5.64. The molecule has 13 heavy (non-hydrogen) atoms. The van der Waals surface area contributed by atoms with Gasteiger partial charge in [-0.3, -0.25) is 0 Å². The second-order valence-corrected chi connectivity index (χ2v) is 6.29. The Morgan fingerprint density at radius 3 is 2.46 bits per heavy atom. The Balaban J connectivity index is 1.79. The molecule has 0 saturated heterocycles. The van der Waals surface area contributed by atoms with Crippen molar-refractivity contribution in [2.24, 2.45) is 11.8 Å². The molecule has 2 fully saturated rings. The second kappa shape index (κ2) is 4.78. The van der Waals surface area contributed by atoms with Crippen molar-refractivity contribution in [2.45, 2.75) is 57.0 Å². The highest BCUT2D eigenvalue weighted by Gasteiger charge is 2.29. The van der Waals surface area contributed by atoms with Crippen LogP contribution in [0.2, 0.25) is 0 Å². The average Bonchev–Trinajstić information content (AvgIpc) is 2.76. The smallest absolute Gasteiger partial charge is 0.0211 e. The maximum Gasteiger partial charge on any atom is -0.0211 e. The van der Waals surface area contributed by atoms with Gasteiger partial charge in [0.2, 0.25) is 0 Å². The van der Waals surface area contributed by atoms with Crippen LogP contribution in [0, 0.1) is 11.8 Å². The fourth-order valence-corrected chi connectivity index (χ4v) is 4.64. The molecule has 0 heterocycles. The Kier molecular flexibility index (Phi) is 3.66. The van der Waals surface area contributed by atoms with Crippen molar-refractivity contribution in [1.29, 1.82) is 0 Å². The minimum atomic E-state index is 1.13. The van der Waals surface area contributed by atoms with Crippen LogP contribution >= 0.6 is 8.58 Å². The molecule has 0 aliphatic heterocycles. The van der Waals surface area contributed by atoms with Crippen LogP contribution in [0.4, 0.5) is 0 Å². The molecule has 2 aliphatic carbocycles. The molecule has 2 saturated carbocycles. The van der Waals surface area contributed by atoms with Gasteiger partial charge in [0.1, 0.15) is 0 Å². The van der Waals surface area contributed by atoms with E-state index in [0.29, 0.717) is 0 Å². The molecule has 2 aliphatic rings. The summed E-state index contributed by atoms with van der Waals surface area (Å²) in [6, 6.07) is 0. The predicted molar refractivity (Wildman–Crippen MR) is 61.9 cm³/mol. The van der Waals surface area contributed by atoms with E-state index < -0.39 is 0 Å². The first-order valence-electron chi connectivity index (χ1n) is 6.07. The molecule has 0 radical (unpaired) electrons. The Bertz CT molecular complexity index is 149. The highest BCUT2D eigenvalue weighted by molar-refractivity contribution is 7.37. The molecule has 1 heteroatoms. The van der Waals surface area contributed by atoms with Crippen molar-refractivity contribution < 1.29 is 0 Å². The number of hydrogen-bond acceptors (Lipinski definition) is 0. The number of hydrogen-bond donors (Lipinski definition) is 0. The van der Waals surface area contributed by atoms with E-state index in [2.05, 4.69) is 6.66 Å². The summed E-state index contributed by atoms with van der Waals surface area (Å²) < 4.78 is 0. The van der Waals surface area contributed by atoms with Gasteiger partial charge in [-0.15, -0.1) is 8.58 Å². The minimum Gasteiger partial charge on any atom is -0.122 e. The lowest BCUT2D eigenvalue weighted by Gasteiger charge is -2.21. The monoisotopic (exact) mass is 198 g/mol. The lowest BCUT2D eigenvalue weighted by molar-refractivity contribution is 0.386. The van der Waals surface area contributed by atoms with E-state index in [-0.39, 0.29) is 0 Å². The minimum absolute atomic E-state index is 1.13. The van der Waals surface area contributed by atoms with Gasteiger partial charge in [0, 0.05) is 0 Å². The van der Waals surface area contributed by atoms with Gasteiger partial charge >= 0.3 is 0 Å². The Morgan fingerprint density at radius 2 is 1.77 bits per heavy atom. The van der Waals surface area contributed by atoms with Crippen LogP contribution in [0.25, 0.3) is 0 Å². The molecular weight excluding hydrogens is 175 g/mol. The molecule has 0 aromatic rings. The van der Waals surface area contributed by atoms with E-state index in [0.717, 1.165) is 17.5 Å². The highest BCUT2D eigenvalue weighted by atomic mass is 31.1. The zero-order valence-electron chi connectivity index (χ0n) is 8.89. The summed E-state index contributed by atoms with van der Waals surface area (Å²) in [4.78, 5) is 0. The van der Waals surface area contributed by atoms with Crippen molar-refractivity contribution in [3.05, 3.63) is 0 Å². The molecule has 3 unspecified atom stereocenters.